The molecular weight excluding hydrogens is 243 g/mol. The number of nitrogens with two attached hydrogens (primary N) is 1. The van der Waals surface area contributed by atoms with Crippen molar-refractivity contribution in [2.45, 2.75) is 25.2 Å². The van der Waals surface area contributed by atoms with E-state index in [1.807, 2.05) is 6.07 Å². The molecule has 1 aromatic heterocycles. The van der Waals surface area contributed by atoms with E-state index in [2.05, 4.69) is 16.3 Å². The number of hydrogen-bond donors (Lipinski definition) is 2. The highest BCUT2D eigenvalue weighted by Gasteiger charge is 2.25. The third-order valence-electron chi connectivity index (χ3n) is 3.72. The number of nitrogen functional groups attached to an aromatic ring is 1. The lowest BCUT2D eigenvalue weighted by Crippen LogP contribution is -2.14. The second-order valence-electron chi connectivity index (χ2n) is 4.86. The number of hydrogen-bond acceptors (Lipinski definition) is 3. The summed E-state index contributed by atoms with van der Waals surface area (Å²) in [5.41, 5.74) is 9.04. The lowest BCUT2D eigenvalue weighted by Gasteiger charge is -2.23. The van der Waals surface area contributed by atoms with Crippen LogP contribution in [0.5, 0.6) is 0 Å². The first kappa shape index (κ1) is 11.7. The van der Waals surface area contributed by atoms with Gasteiger partial charge in [0.25, 0.3) is 0 Å². The maximum absolute atomic E-state index is 13.2. The van der Waals surface area contributed by atoms with Crippen LogP contribution in [0.4, 0.5) is 10.2 Å². The van der Waals surface area contributed by atoms with E-state index in [0.717, 1.165) is 36.1 Å². The largest absolute Gasteiger partial charge is 0.383 e. The summed E-state index contributed by atoms with van der Waals surface area (Å²) in [5, 5.41) is 15.9. The molecule has 0 saturated heterocycles. The molecule has 0 spiro atoms. The molecule has 3 N–H and O–H groups in total. The fourth-order valence-electron chi connectivity index (χ4n) is 2.74. The van der Waals surface area contributed by atoms with E-state index in [-0.39, 0.29) is 11.7 Å². The Morgan fingerprint density at radius 2 is 2.26 bits per heavy atom. The Balaban J connectivity index is 1.94. The fraction of sp³-hybridized carbons (Fsp3) is 0.286. The van der Waals surface area contributed by atoms with Crippen LogP contribution >= 0.6 is 0 Å². The molecule has 0 bridgehead atoms. The van der Waals surface area contributed by atoms with Gasteiger partial charge in [0, 0.05) is 5.92 Å². The smallest absolute Gasteiger partial charge is 0.137 e. The zero-order valence-corrected chi connectivity index (χ0v) is 10.3. The van der Waals surface area contributed by atoms with Gasteiger partial charge >= 0.3 is 0 Å². The van der Waals surface area contributed by atoms with Crippen molar-refractivity contribution in [3.05, 3.63) is 46.4 Å². The monoisotopic (exact) mass is 256 g/mol. The lowest BCUT2D eigenvalue weighted by molar-refractivity contribution is 0.559. The van der Waals surface area contributed by atoms with E-state index in [1.165, 1.54) is 6.07 Å². The third kappa shape index (κ3) is 1.95. The summed E-state index contributed by atoms with van der Waals surface area (Å²) < 4.78 is 13.2. The van der Waals surface area contributed by atoms with Gasteiger partial charge in [0.2, 0.25) is 0 Å². The van der Waals surface area contributed by atoms with Crippen LogP contribution in [0.25, 0.3) is 0 Å². The molecule has 0 radical (unpaired) electrons. The Bertz CT molecular complexity index is 669. The van der Waals surface area contributed by atoms with E-state index < -0.39 is 0 Å². The van der Waals surface area contributed by atoms with Crippen molar-refractivity contribution in [1.29, 1.82) is 5.26 Å². The van der Waals surface area contributed by atoms with Crippen LogP contribution in [-0.2, 0) is 12.8 Å². The number of nitrogens with zero attached hydrogens (tertiary/aromatic N) is 2. The molecule has 1 aliphatic carbocycles. The molecule has 5 heteroatoms. The van der Waals surface area contributed by atoms with Gasteiger partial charge in [0.1, 0.15) is 23.3 Å². The van der Waals surface area contributed by atoms with Crippen molar-refractivity contribution in [3.63, 3.8) is 0 Å². The first-order valence-corrected chi connectivity index (χ1v) is 6.20. The van der Waals surface area contributed by atoms with Crippen molar-refractivity contribution in [2.75, 3.05) is 5.73 Å². The van der Waals surface area contributed by atoms with Gasteiger partial charge in [-0.1, -0.05) is 6.07 Å². The number of H-pyrrole nitrogens is 1. The molecule has 1 aromatic carbocycles. The summed E-state index contributed by atoms with van der Waals surface area (Å²) >= 11 is 0. The Hall–Kier alpha value is -2.35. The molecule has 4 nitrogen and oxygen atoms in total. The second kappa shape index (κ2) is 4.39. The summed E-state index contributed by atoms with van der Waals surface area (Å²) in [6.07, 6.45) is 2.43. The highest BCUT2D eigenvalue weighted by atomic mass is 19.1. The zero-order valence-electron chi connectivity index (χ0n) is 10.3. The molecule has 0 amide bonds. The molecule has 19 heavy (non-hydrogen) atoms. The van der Waals surface area contributed by atoms with Crippen LogP contribution < -0.4 is 5.73 Å². The molecule has 2 aromatic rings. The van der Waals surface area contributed by atoms with E-state index in [1.54, 1.807) is 6.07 Å². The van der Waals surface area contributed by atoms with E-state index in [9.17, 15) is 4.39 Å². The van der Waals surface area contributed by atoms with E-state index >= 15 is 0 Å². The van der Waals surface area contributed by atoms with Gasteiger partial charge in [-0.25, -0.2) is 4.39 Å². The SMILES string of the molecule is N#Cc1c(C2CCc3cc(F)ccc3C2)n[nH]c1N. The maximum Gasteiger partial charge on any atom is 0.137 e. The van der Waals surface area contributed by atoms with Gasteiger partial charge in [-0.2, -0.15) is 10.4 Å². The molecule has 1 heterocycles. The van der Waals surface area contributed by atoms with Crippen molar-refractivity contribution in [1.82, 2.24) is 10.2 Å². The highest BCUT2D eigenvalue weighted by molar-refractivity contribution is 5.52. The first-order chi connectivity index (χ1) is 9.19. The summed E-state index contributed by atoms with van der Waals surface area (Å²) in [6.45, 7) is 0. The summed E-state index contributed by atoms with van der Waals surface area (Å²) in [4.78, 5) is 0. The molecule has 1 unspecified atom stereocenters. The Morgan fingerprint density at radius 1 is 1.42 bits per heavy atom. The molecule has 0 fully saturated rings. The molecule has 1 atom stereocenters. The minimum absolute atomic E-state index is 0.168. The van der Waals surface area contributed by atoms with Crippen molar-refractivity contribution >= 4 is 5.82 Å². The van der Waals surface area contributed by atoms with Crippen molar-refractivity contribution in [2.24, 2.45) is 0 Å². The normalized spacial score (nSPS) is 17.8. The number of nitrogens with one attached hydrogen (secondary N) is 1. The van der Waals surface area contributed by atoms with Crippen molar-refractivity contribution in [3.8, 4) is 6.07 Å². The zero-order chi connectivity index (χ0) is 13.4. The lowest BCUT2D eigenvalue weighted by atomic mass is 9.81. The standard InChI is InChI=1S/C14H13FN4/c15-11-4-3-8-5-10(2-1-9(8)6-11)13-12(7-16)14(17)19-18-13/h3-4,6,10H,1-2,5H2,(H3,17,18,19). The third-order valence-corrected chi connectivity index (χ3v) is 3.72. The number of halogens is 1. The average molecular weight is 256 g/mol. The number of anilines is 1. The number of nitriles is 1. The number of rotatable bonds is 1. The average Bonchev–Trinajstić information content (AvgIpc) is 2.79. The van der Waals surface area contributed by atoms with Crippen LogP contribution in [0.2, 0.25) is 0 Å². The quantitative estimate of drug-likeness (QED) is 0.821. The van der Waals surface area contributed by atoms with Gasteiger partial charge in [-0.15, -0.1) is 0 Å². The summed E-state index contributed by atoms with van der Waals surface area (Å²) in [5.74, 6) is 0.294. The molecule has 96 valence electrons. The van der Waals surface area contributed by atoms with E-state index in [4.69, 9.17) is 11.0 Å². The fourth-order valence-corrected chi connectivity index (χ4v) is 2.74. The number of benzene rings is 1. The maximum atomic E-state index is 13.2. The summed E-state index contributed by atoms with van der Waals surface area (Å²) in [6, 6.07) is 6.98. The predicted octanol–water partition coefficient (Wildman–Crippen LogP) is 2.28. The van der Waals surface area contributed by atoms with Gasteiger partial charge in [-0.3, -0.25) is 5.10 Å². The molecule has 3 rings (SSSR count). The van der Waals surface area contributed by atoms with Gasteiger partial charge in [0.05, 0.1) is 5.69 Å². The molecular formula is C14H13FN4. The van der Waals surface area contributed by atoms with Crippen LogP contribution in [0, 0.1) is 17.1 Å². The minimum atomic E-state index is -0.195. The van der Waals surface area contributed by atoms with Crippen LogP contribution in [-0.4, -0.2) is 10.2 Å². The number of aromatic nitrogens is 2. The van der Waals surface area contributed by atoms with Crippen LogP contribution in [0.3, 0.4) is 0 Å². The van der Waals surface area contributed by atoms with Gasteiger partial charge in [0.15, 0.2) is 0 Å². The molecule has 0 aliphatic heterocycles. The Kier molecular flexibility index (Phi) is 2.71. The Morgan fingerprint density at radius 3 is 3.05 bits per heavy atom. The van der Waals surface area contributed by atoms with Gasteiger partial charge < -0.3 is 5.73 Å². The van der Waals surface area contributed by atoms with Crippen LogP contribution in [0.15, 0.2) is 18.2 Å². The summed E-state index contributed by atoms with van der Waals surface area (Å²) in [7, 11) is 0. The Labute approximate surface area is 110 Å². The van der Waals surface area contributed by atoms with Gasteiger partial charge in [-0.05, 0) is 42.5 Å². The topological polar surface area (TPSA) is 78.5 Å². The number of aryl methyl sites for hydroxylation is 1. The predicted molar refractivity (Wildman–Crippen MR) is 68.9 cm³/mol. The van der Waals surface area contributed by atoms with Crippen molar-refractivity contribution < 1.29 is 4.39 Å². The molecule has 1 aliphatic rings. The number of aromatic amines is 1. The molecule has 0 saturated carbocycles. The first-order valence-electron chi connectivity index (χ1n) is 6.20. The highest BCUT2D eigenvalue weighted by Crippen LogP contribution is 2.34. The van der Waals surface area contributed by atoms with Crippen LogP contribution in [0.1, 0.15) is 34.7 Å². The minimum Gasteiger partial charge on any atom is -0.383 e. The number of fused-ring (bicyclic) bond motifs is 1. The van der Waals surface area contributed by atoms with E-state index in [0.29, 0.717) is 11.4 Å². The second-order valence-corrected chi connectivity index (χ2v) is 4.86.